The summed E-state index contributed by atoms with van der Waals surface area (Å²) in [6.07, 6.45) is 13.0. The van der Waals surface area contributed by atoms with Crippen molar-refractivity contribution < 1.29 is 19.4 Å². The topological polar surface area (TPSA) is 87.4 Å². The monoisotopic (exact) mass is 505 g/mol. The van der Waals surface area contributed by atoms with Gasteiger partial charge in [0, 0.05) is 18.9 Å². The minimum absolute atomic E-state index is 0.0141. The molecule has 3 saturated carbocycles. The van der Waals surface area contributed by atoms with Gasteiger partial charge in [0.2, 0.25) is 0 Å². The van der Waals surface area contributed by atoms with Crippen molar-refractivity contribution in [3.05, 3.63) is 34.9 Å². The highest BCUT2D eigenvalue weighted by molar-refractivity contribution is 5.97. The number of carboxylic acids is 1. The molecule has 5 rings (SSSR count). The average Bonchev–Trinajstić information content (AvgIpc) is 2.85. The maximum atomic E-state index is 13.4. The molecule has 0 bridgehead atoms. The van der Waals surface area contributed by atoms with Gasteiger partial charge >= 0.3 is 5.97 Å². The summed E-state index contributed by atoms with van der Waals surface area (Å²) in [5, 5.41) is 19.6. The largest absolute Gasteiger partial charge is 0.481 e. The minimum atomic E-state index is -0.832. The summed E-state index contributed by atoms with van der Waals surface area (Å²) >= 11 is 0. The van der Waals surface area contributed by atoms with E-state index in [2.05, 4.69) is 45.9 Å². The molecular formula is C32H43NO4. The first-order valence-corrected chi connectivity index (χ1v) is 14.0. The highest BCUT2D eigenvalue weighted by atomic mass is 16.5. The summed E-state index contributed by atoms with van der Waals surface area (Å²) < 4.78 is 6.02. The van der Waals surface area contributed by atoms with Crippen molar-refractivity contribution in [3.63, 3.8) is 0 Å². The van der Waals surface area contributed by atoms with Gasteiger partial charge in [0.15, 0.2) is 5.78 Å². The second-order valence-corrected chi connectivity index (χ2v) is 14.2. The second-order valence-electron chi connectivity index (χ2n) is 14.2. The normalized spacial score (nSPS) is 48.7. The van der Waals surface area contributed by atoms with E-state index in [0.717, 1.165) is 56.1 Å². The van der Waals surface area contributed by atoms with E-state index in [1.165, 1.54) is 5.57 Å². The number of nitriles is 1. The summed E-state index contributed by atoms with van der Waals surface area (Å²) in [6.45, 7) is 13.5. The van der Waals surface area contributed by atoms with E-state index in [4.69, 9.17) is 4.74 Å². The number of nitrogens with zero attached hydrogens (tertiary/aromatic N) is 1. The first kappa shape index (κ1) is 26.4. The van der Waals surface area contributed by atoms with Crippen LogP contribution in [0.25, 0.3) is 0 Å². The van der Waals surface area contributed by atoms with Crippen LogP contribution in [0, 0.1) is 50.2 Å². The third kappa shape index (κ3) is 3.17. The molecule has 0 aliphatic heterocycles. The number of ether oxygens (including phenoxy) is 1. The van der Waals surface area contributed by atoms with Crippen molar-refractivity contribution in [1.82, 2.24) is 0 Å². The predicted molar refractivity (Wildman–Crippen MR) is 142 cm³/mol. The Morgan fingerprint density at radius 3 is 2.32 bits per heavy atom. The fraction of sp³-hybridized carbons (Fsp3) is 0.719. The summed E-state index contributed by atoms with van der Waals surface area (Å²) in [4.78, 5) is 25.7. The number of fused-ring (bicyclic) bond motifs is 7. The van der Waals surface area contributed by atoms with E-state index in [1.807, 2.05) is 19.9 Å². The van der Waals surface area contributed by atoms with Gasteiger partial charge in [0.1, 0.15) is 5.60 Å². The molecule has 0 saturated heterocycles. The van der Waals surface area contributed by atoms with Crippen molar-refractivity contribution in [2.24, 2.45) is 38.9 Å². The number of ketones is 1. The molecule has 5 aliphatic carbocycles. The number of hydrogen-bond donors (Lipinski definition) is 1. The molecule has 0 radical (unpaired) electrons. The van der Waals surface area contributed by atoms with Gasteiger partial charge in [0.25, 0.3) is 0 Å². The smallest absolute Gasteiger partial charge is 0.309 e. The third-order valence-electron chi connectivity index (χ3n) is 12.7. The van der Waals surface area contributed by atoms with Crippen LogP contribution in [0.2, 0.25) is 0 Å². The fourth-order valence-electron chi connectivity index (χ4n) is 9.59. The Labute approximate surface area is 222 Å². The molecule has 0 spiro atoms. The highest BCUT2D eigenvalue weighted by Crippen LogP contribution is 2.75. The maximum Gasteiger partial charge on any atom is 0.309 e. The zero-order valence-electron chi connectivity index (χ0n) is 23.7. The van der Waals surface area contributed by atoms with E-state index in [1.54, 1.807) is 7.11 Å². The zero-order chi connectivity index (χ0) is 27.2. The number of carbonyl (C=O) groups excluding carboxylic acids is 1. The lowest BCUT2D eigenvalue weighted by molar-refractivity contribution is -0.178. The number of methoxy groups -OCH3 is 1. The zero-order valence-corrected chi connectivity index (χ0v) is 23.7. The lowest BCUT2D eigenvalue weighted by atomic mass is 9.34. The van der Waals surface area contributed by atoms with Gasteiger partial charge < -0.3 is 9.84 Å². The molecule has 5 nitrogen and oxygen atoms in total. The lowest BCUT2D eigenvalue weighted by Gasteiger charge is -2.70. The Kier molecular flexibility index (Phi) is 5.65. The Bertz CT molecular complexity index is 1210. The Morgan fingerprint density at radius 1 is 1.03 bits per heavy atom. The van der Waals surface area contributed by atoms with E-state index >= 15 is 0 Å². The predicted octanol–water partition coefficient (Wildman–Crippen LogP) is 6.80. The minimum Gasteiger partial charge on any atom is -0.481 e. The Hall–Kier alpha value is -2.19. The number of rotatable bonds is 3. The molecule has 0 amide bonds. The van der Waals surface area contributed by atoms with Crippen molar-refractivity contribution in [2.75, 3.05) is 7.11 Å². The lowest BCUT2D eigenvalue weighted by Crippen LogP contribution is -2.62. The molecule has 0 aromatic heterocycles. The molecule has 37 heavy (non-hydrogen) atoms. The maximum absolute atomic E-state index is 13.4. The standard InChI is InChI=1S/C32H43NO4/c1-27-11-12-28(2,26(35)36)19-25(27)31(5)16-14-29(3)22-18-23(34)21(10-17-33)32(6,37-7)20(22)8-9-24(29)30(31,4)15-13-27/h8-9,18,21,25H,10-16,19H2,1-7H3,(H,35,36)/t21?,25-,27-,28-,29+,30-,31+,32-/m1/s1. The average molecular weight is 506 g/mol. The van der Waals surface area contributed by atoms with Gasteiger partial charge in [-0.05, 0) is 98.2 Å². The summed E-state index contributed by atoms with van der Waals surface area (Å²) in [5.74, 6) is -0.852. The SMILES string of the molecule is CO[C@]1(C)C2=CC=C3[C@@](C)(CC[C@@]4(C)[C@@H]5C[C@](C)(C(=O)O)CC[C@]5(C)CC[C@]34C)C2=CC(=O)C1CC#N. The van der Waals surface area contributed by atoms with Gasteiger partial charge in [-0.25, -0.2) is 0 Å². The molecule has 0 aromatic rings. The van der Waals surface area contributed by atoms with Gasteiger partial charge in [-0.2, -0.15) is 5.26 Å². The van der Waals surface area contributed by atoms with Gasteiger partial charge in [-0.15, -0.1) is 0 Å². The van der Waals surface area contributed by atoms with Crippen LogP contribution in [0.4, 0.5) is 0 Å². The first-order valence-electron chi connectivity index (χ1n) is 14.0. The molecule has 1 unspecified atom stereocenters. The number of carboxylic acid groups (broad SMARTS) is 1. The summed E-state index contributed by atoms with van der Waals surface area (Å²) in [6, 6.07) is 2.20. The first-order chi connectivity index (χ1) is 17.2. The number of hydrogen-bond acceptors (Lipinski definition) is 4. The molecule has 0 heterocycles. The van der Waals surface area contributed by atoms with Crippen LogP contribution in [0.15, 0.2) is 34.9 Å². The van der Waals surface area contributed by atoms with Crippen molar-refractivity contribution in [2.45, 2.75) is 98.5 Å². The summed E-state index contributed by atoms with van der Waals surface area (Å²) in [5.41, 5.74) is 1.72. The van der Waals surface area contributed by atoms with Crippen LogP contribution in [0.5, 0.6) is 0 Å². The Morgan fingerprint density at radius 2 is 1.70 bits per heavy atom. The van der Waals surface area contributed by atoms with Crippen molar-refractivity contribution >= 4 is 11.8 Å². The third-order valence-corrected chi connectivity index (χ3v) is 12.7. The van der Waals surface area contributed by atoms with Crippen LogP contribution in [0.1, 0.15) is 92.9 Å². The molecule has 5 heteroatoms. The van der Waals surface area contributed by atoms with Gasteiger partial charge in [-0.1, -0.05) is 45.4 Å². The van der Waals surface area contributed by atoms with Gasteiger partial charge in [-0.3, -0.25) is 9.59 Å². The van der Waals surface area contributed by atoms with Crippen LogP contribution >= 0.6 is 0 Å². The highest BCUT2D eigenvalue weighted by Gasteiger charge is 2.68. The van der Waals surface area contributed by atoms with Crippen LogP contribution in [-0.4, -0.2) is 29.6 Å². The van der Waals surface area contributed by atoms with Crippen molar-refractivity contribution in [1.29, 1.82) is 5.26 Å². The number of aliphatic carboxylic acids is 1. The van der Waals surface area contributed by atoms with E-state index in [9.17, 15) is 20.0 Å². The van der Waals surface area contributed by atoms with Crippen molar-refractivity contribution in [3.8, 4) is 6.07 Å². The molecule has 200 valence electrons. The Balaban J connectivity index is 1.64. The number of allylic oxidation sites excluding steroid dienone is 4. The molecule has 1 N–H and O–H groups in total. The van der Waals surface area contributed by atoms with E-state index in [-0.39, 0.29) is 33.9 Å². The van der Waals surface area contributed by atoms with Crippen LogP contribution in [0.3, 0.4) is 0 Å². The second kappa shape index (κ2) is 7.92. The van der Waals surface area contributed by atoms with Crippen LogP contribution < -0.4 is 0 Å². The number of carbonyl (C=O) groups is 2. The molecular weight excluding hydrogens is 462 g/mol. The molecule has 3 fully saturated rings. The fourth-order valence-corrected chi connectivity index (χ4v) is 9.59. The molecule has 8 atom stereocenters. The molecule has 5 aliphatic rings. The summed E-state index contributed by atoms with van der Waals surface area (Å²) in [7, 11) is 1.65. The molecule has 0 aromatic carbocycles. The van der Waals surface area contributed by atoms with Gasteiger partial charge in [0.05, 0.1) is 17.4 Å². The van der Waals surface area contributed by atoms with Crippen LogP contribution in [-0.2, 0) is 14.3 Å². The van der Waals surface area contributed by atoms with E-state index < -0.39 is 22.9 Å². The quantitative estimate of drug-likeness (QED) is 0.456. The van der Waals surface area contributed by atoms with E-state index in [0.29, 0.717) is 5.92 Å².